The lowest BCUT2D eigenvalue weighted by molar-refractivity contribution is -0.130. The number of aromatic hydroxyl groups is 1. The summed E-state index contributed by atoms with van der Waals surface area (Å²) in [6, 6.07) is 14.2. The molecule has 0 aromatic heterocycles. The minimum absolute atomic E-state index is 0.103. The molecule has 0 bridgehead atoms. The lowest BCUT2D eigenvalue weighted by Crippen LogP contribution is -2.24. The third-order valence-electron chi connectivity index (χ3n) is 3.69. The Morgan fingerprint density at radius 3 is 2.41 bits per heavy atom. The van der Waals surface area contributed by atoms with Crippen LogP contribution < -0.4 is 0 Å². The average Bonchev–Trinajstić information content (AvgIpc) is 2.94. The Labute approximate surface area is 133 Å². The number of hydrogen-bond donors (Lipinski definition) is 1. The van der Waals surface area contributed by atoms with E-state index in [1.54, 1.807) is 24.3 Å². The highest BCUT2D eigenvalue weighted by atomic mass is 35.5. The maximum absolute atomic E-state index is 11.9. The standard InChI is InChI=1S/C17H15ClN2O2/c1-11(21)20-17(13-2-6-14(18)7-3-13)10-16(19-20)12-4-8-15(22)9-5-12/h2-9,17,22H,10H2,1H3. The fourth-order valence-electron chi connectivity index (χ4n) is 2.57. The Balaban J connectivity index is 1.92. The predicted molar refractivity (Wildman–Crippen MR) is 86.0 cm³/mol. The monoisotopic (exact) mass is 314 g/mol. The normalized spacial score (nSPS) is 17.5. The number of hydrogen-bond acceptors (Lipinski definition) is 3. The number of rotatable bonds is 2. The zero-order chi connectivity index (χ0) is 15.7. The molecule has 0 aliphatic carbocycles. The van der Waals surface area contributed by atoms with Crippen LogP contribution in [0.25, 0.3) is 0 Å². The minimum Gasteiger partial charge on any atom is -0.508 e. The summed E-state index contributed by atoms with van der Waals surface area (Å²) < 4.78 is 0. The molecule has 1 aliphatic rings. The first-order valence-corrected chi connectivity index (χ1v) is 7.34. The Bertz CT molecular complexity index is 723. The summed E-state index contributed by atoms with van der Waals surface area (Å²) in [6.45, 7) is 1.51. The molecule has 0 spiro atoms. The van der Waals surface area contributed by atoms with Crippen LogP contribution in [0.4, 0.5) is 0 Å². The van der Waals surface area contributed by atoms with Crippen LogP contribution in [0.5, 0.6) is 5.75 Å². The van der Waals surface area contributed by atoms with Gasteiger partial charge in [-0.1, -0.05) is 23.7 Å². The summed E-state index contributed by atoms with van der Waals surface area (Å²) in [5.74, 6) is 0.105. The van der Waals surface area contributed by atoms with Gasteiger partial charge in [-0.05, 0) is 47.5 Å². The molecule has 1 unspecified atom stereocenters. The second kappa shape index (κ2) is 5.81. The molecule has 0 fully saturated rings. The van der Waals surface area contributed by atoms with E-state index in [4.69, 9.17) is 11.6 Å². The van der Waals surface area contributed by atoms with E-state index in [1.165, 1.54) is 11.9 Å². The number of hydrazone groups is 1. The molecule has 0 radical (unpaired) electrons. The summed E-state index contributed by atoms with van der Waals surface area (Å²) in [4.78, 5) is 11.9. The number of carbonyl (C=O) groups is 1. The molecule has 0 saturated carbocycles. The van der Waals surface area contributed by atoms with Crippen LogP contribution in [0.15, 0.2) is 53.6 Å². The van der Waals surface area contributed by atoms with Gasteiger partial charge in [0.25, 0.3) is 0 Å². The topological polar surface area (TPSA) is 52.9 Å². The van der Waals surface area contributed by atoms with Gasteiger partial charge in [0.05, 0.1) is 11.8 Å². The van der Waals surface area contributed by atoms with Crippen LogP contribution in [-0.4, -0.2) is 21.7 Å². The van der Waals surface area contributed by atoms with Gasteiger partial charge < -0.3 is 5.11 Å². The number of carbonyl (C=O) groups excluding carboxylic acids is 1. The minimum atomic E-state index is -0.126. The van der Waals surface area contributed by atoms with E-state index >= 15 is 0 Å². The van der Waals surface area contributed by atoms with Crippen molar-refractivity contribution in [3.8, 4) is 5.75 Å². The van der Waals surface area contributed by atoms with Crippen molar-refractivity contribution in [3.05, 3.63) is 64.7 Å². The number of phenolic OH excluding ortho intramolecular Hbond substituents is 1. The van der Waals surface area contributed by atoms with Gasteiger partial charge in [-0.2, -0.15) is 5.10 Å². The van der Waals surface area contributed by atoms with Crippen LogP contribution in [0.2, 0.25) is 5.02 Å². The van der Waals surface area contributed by atoms with Gasteiger partial charge in [-0.15, -0.1) is 0 Å². The molecule has 4 nitrogen and oxygen atoms in total. The molecule has 2 aromatic rings. The summed E-state index contributed by atoms with van der Waals surface area (Å²) >= 11 is 5.92. The molecule has 1 aliphatic heterocycles. The van der Waals surface area contributed by atoms with Gasteiger partial charge >= 0.3 is 0 Å². The third-order valence-corrected chi connectivity index (χ3v) is 3.94. The number of benzene rings is 2. The SMILES string of the molecule is CC(=O)N1N=C(c2ccc(O)cc2)CC1c1ccc(Cl)cc1. The molecular formula is C17H15ClN2O2. The largest absolute Gasteiger partial charge is 0.508 e. The van der Waals surface area contributed by atoms with Crippen LogP contribution >= 0.6 is 11.6 Å². The highest BCUT2D eigenvalue weighted by Crippen LogP contribution is 2.33. The highest BCUT2D eigenvalue weighted by molar-refractivity contribution is 6.30. The van der Waals surface area contributed by atoms with Crippen molar-refractivity contribution in [1.29, 1.82) is 0 Å². The van der Waals surface area contributed by atoms with Gasteiger partial charge in [0, 0.05) is 18.4 Å². The molecule has 1 amide bonds. The van der Waals surface area contributed by atoms with Crippen molar-refractivity contribution in [2.75, 3.05) is 0 Å². The molecule has 1 N–H and O–H groups in total. The van der Waals surface area contributed by atoms with Gasteiger partial charge in [0.2, 0.25) is 5.91 Å². The molecule has 1 heterocycles. The van der Waals surface area contributed by atoms with E-state index in [0.717, 1.165) is 16.8 Å². The van der Waals surface area contributed by atoms with Crippen LogP contribution in [0.1, 0.15) is 30.5 Å². The molecule has 2 aromatic carbocycles. The van der Waals surface area contributed by atoms with E-state index in [9.17, 15) is 9.90 Å². The number of phenols is 1. The zero-order valence-electron chi connectivity index (χ0n) is 12.0. The molecule has 0 saturated heterocycles. The van der Waals surface area contributed by atoms with E-state index < -0.39 is 0 Å². The van der Waals surface area contributed by atoms with Crippen molar-refractivity contribution in [3.63, 3.8) is 0 Å². The molecule has 112 valence electrons. The van der Waals surface area contributed by atoms with E-state index in [2.05, 4.69) is 5.10 Å². The zero-order valence-corrected chi connectivity index (χ0v) is 12.8. The third kappa shape index (κ3) is 2.83. The second-order valence-corrected chi connectivity index (χ2v) is 5.67. The lowest BCUT2D eigenvalue weighted by atomic mass is 9.98. The first-order valence-electron chi connectivity index (χ1n) is 6.97. The Kier molecular flexibility index (Phi) is 3.86. The quantitative estimate of drug-likeness (QED) is 0.918. The second-order valence-electron chi connectivity index (χ2n) is 5.23. The maximum atomic E-state index is 11.9. The van der Waals surface area contributed by atoms with Crippen molar-refractivity contribution >= 4 is 23.2 Å². The molecule has 3 rings (SSSR count). The summed E-state index contributed by atoms with van der Waals surface area (Å²) in [5.41, 5.74) is 2.73. The Morgan fingerprint density at radius 1 is 1.18 bits per heavy atom. The van der Waals surface area contributed by atoms with Gasteiger partial charge in [-0.3, -0.25) is 4.79 Å². The van der Waals surface area contributed by atoms with E-state index in [1.807, 2.05) is 24.3 Å². The van der Waals surface area contributed by atoms with Crippen molar-refractivity contribution in [1.82, 2.24) is 5.01 Å². The summed E-state index contributed by atoms with van der Waals surface area (Å²) in [7, 11) is 0. The number of halogens is 1. The highest BCUT2D eigenvalue weighted by Gasteiger charge is 2.31. The summed E-state index contributed by atoms with van der Waals surface area (Å²) in [5, 5.41) is 16.0. The Morgan fingerprint density at radius 2 is 1.82 bits per heavy atom. The van der Waals surface area contributed by atoms with E-state index in [-0.39, 0.29) is 17.7 Å². The fourth-order valence-corrected chi connectivity index (χ4v) is 2.70. The van der Waals surface area contributed by atoms with Gasteiger partial charge in [0.15, 0.2) is 0 Å². The Hall–Kier alpha value is -2.33. The average molecular weight is 315 g/mol. The first-order chi connectivity index (χ1) is 10.5. The van der Waals surface area contributed by atoms with Crippen LogP contribution in [-0.2, 0) is 4.79 Å². The maximum Gasteiger partial charge on any atom is 0.240 e. The van der Waals surface area contributed by atoms with Crippen molar-refractivity contribution in [2.45, 2.75) is 19.4 Å². The smallest absolute Gasteiger partial charge is 0.240 e. The summed E-state index contributed by atoms with van der Waals surface area (Å²) in [6.07, 6.45) is 0.631. The first kappa shape index (κ1) is 14.6. The van der Waals surface area contributed by atoms with Crippen LogP contribution in [0, 0.1) is 0 Å². The number of nitrogens with zero attached hydrogens (tertiary/aromatic N) is 2. The number of amides is 1. The molecule has 22 heavy (non-hydrogen) atoms. The van der Waals surface area contributed by atoms with E-state index in [0.29, 0.717) is 11.4 Å². The van der Waals surface area contributed by atoms with Gasteiger partial charge in [0.1, 0.15) is 5.75 Å². The lowest BCUT2D eigenvalue weighted by Gasteiger charge is -2.20. The predicted octanol–water partition coefficient (Wildman–Crippen LogP) is 3.74. The molecular weight excluding hydrogens is 300 g/mol. The van der Waals surface area contributed by atoms with Gasteiger partial charge in [-0.25, -0.2) is 5.01 Å². The van der Waals surface area contributed by atoms with Crippen LogP contribution in [0.3, 0.4) is 0 Å². The van der Waals surface area contributed by atoms with Crippen molar-refractivity contribution < 1.29 is 9.90 Å². The fraction of sp³-hybridized carbons (Fsp3) is 0.176. The van der Waals surface area contributed by atoms with Crippen molar-refractivity contribution in [2.24, 2.45) is 5.10 Å². The molecule has 5 heteroatoms. The molecule has 1 atom stereocenters.